The molecule has 0 bridgehead atoms. The first kappa shape index (κ1) is 71.0. The van der Waals surface area contributed by atoms with E-state index in [1.165, 1.54) is 42.6 Å². The highest BCUT2D eigenvalue weighted by Crippen LogP contribution is 2.39. The Morgan fingerprint density at radius 2 is 0.825 bits per heavy atom. The van der Waals surface area contributed by atoms with E-state index in [-0.39, 0.29) is 29.8 Å². The molecule has 14 N–H and O–H groups in total. The maximum absolute atomic E-state index is 13.2. The minimum atomic E-state index is -1.54. The molecule has 3 aromatic heterocycles. The van der Waals surface area contributed by atoms with Crippen LogP contribution < -0.4 is 54.4 Å². The summed E-state index contributed by atoms with van der Waals surface area (Å²) in [5.41, 5.74) is 30.3. The number of carboxylic acids is 1. The van der Waals surface area contributed by atoms with E-state index in [2.05, 4.69) is 103 Å². The zero-order valence-corrected chi connectivity index (χ0v) is 55.9. The first-order valence-corrected chi connectivity index (χ1v) is 33.5. The average Bonchev–Trinajstić information content (AvgIpc) is 0.804. The van der Waals surface area contributed by atoms with Crippen molar-refractivity contribution in [2.45, 2.75) is 156 Å². The van der Waals surface area contributed by atoms with Crippen LogP contribution in [-0.4, -0.2) is 103 Å². The third kappa shape index (κ3) is 18.4. The number of hydrogen-bond donors (Lipinski definition) is 11. The standard InChI is InChI=1S/2C24H29N5O3.C15H20N2O.C9H11N3O3/c2*1-3-15-11-18(12-26-22(15)25)27-23(31)24(32)29-13-14(2)4-8-20(29)17-5-7-19-16(10-17)6-9-21(30)28-19;1-10-2-5-13(16-9-10)11-3-6-14-12(8-11)4-7-15(18)17-14;1-2-5-3-6(4-11-7(5)10)12-8(13)9(14)15/h2*5,7,10-12,14,20H,3-4,6,8-9,13H2,1-2H3,(H2,25,26)(H,27,31)(H,28,30);3,6,8,10,13,16H,2,4-5,7,9H2,1H3,(H,17,18);3-4H,2H2,1H3,(H2,10,11)(H,12,13)(H,14,15)/t14-,20+;;;/m1.../s1. The zero-order valence-electron chi connectivity index (χ0n) is 55.9. The zero-order chi connectivity index (χ0) is 69.6. The number of nitrogens with two attached hydrogens (primary N) is 3. The fraction of sp³-hybridized carbons (Fsp3) is 0.417. The largest absolute Gasteiger partial charge is 0.474 e. The molecule has 3 saturated heterocycles. The molecular weight excluding hydrogens is 1230 g/mol. The molecule has 3 fully saturated rings. The maximum Gasteiger partial charge on any atom is 0.394 e. The van der Waals surface area contributed by atoms with Crippen LogP contribution in [0.15, 0.2) is 91.4 Å². The van der Waals surface area contributed by atoms with Crippen LogP contribution in [0.2, 0.25) is 0 Å². The van der Waals surface area contributed by atoms with Crippen LogP contribution >= 0.6 is 0 Å². The van der Waals surface area contributed by atoms with Gasteiger partial charge in [0.1, 0.15) is 17.5 Å². The van der Waals surface area contributed by atoms with E-state index in [4.69, 9.17) is 22.3 Å². The highest BCUT2D eigenvalue weighted by atomic mass is 16.4. The van der Waals surface area contributed by atoms with Crippen molar-refractivity contribution >= 4 is 105 Å². The lowest BCUT2D eigenvalue weighted by Gasteiger charge is -2.39. The molecule has 0 radical (unpaired) electrons. The molecule has 9 heterocycles. The SMILES string of the molecule is CC1CCC(c2ccc3c(c2)CCC(=O)N3)NC1.CCc1cc(NC(=O)C(=O)N2CC(C)CCC2c2ccc3c(c2)CCC(=O)N3)cnc1N.CCc1cc(NC(=O)C(=O)N2C[C@H](C)CC[C@H]2c2ccc3c(c2)CCC(=O)N3)cnc1N.CCc1cc(NC(=O)C(=O)O)cnc1N. The van der Waals surface area contributed by atoms with Gasteiger partial charge in [-0.1, -0.05) is 77.9 Å². The molecule has 512 valence electrons. The molecule has 25 heteroatoms. The Balaban J connectivity index is 0.000000159. The molecule has 25 nitrogen and oxygen atoms in total. The summed E-state index contributed by atoms with van der Waals surface area (Å²) < 4.78 is 0. The van der Waals surface area contributed by atoms with E-state index in [0.717, 1.165) is 101 Å². The molecule has 3 aromatic carbocycles. The van der Waals surface area contributed by atoms with Crippen LogP contribution in [-0.2, 0) is 81.7 Å². The summed E-state index contributed by atoms with van der Waals surface area (Å²) in [6.45, 7) is 14.4. The van der Waals surface area contributed by atoms with E-state index in [1.54, 1.807) is 28.0 Å². The number of aryl methyl sites for hydroxylation is 6. The Morgan fingerprint density at radius 1 is 0.474 bits per heavy atom. The Morgan fingerprint density at radius 3 is 1.18 bits per heavy atom. The third-order valence-electron chi connectivity index (χ3n) is 18.6. The Kier molecular flexibility index (Phi) is 23.7. The summed E-state index contributed by atoms with van der Waals surface area (Å²) in [5.74, 6) is -2.28. The number of fused-ring (bicyclic) bond motifs is 3. The number of nitrogens with one attached hydrogen (secondary N) is 7. The van der Waals surface area contributed by atoms with Crippen molar-refractivity contribution in [3.63, 3.8) is 0 Å². The van der Waals surface area contributed by atoms with Crippen molar-refractivity contribution in [3.05, 3.63) is 141 Å². The topological polar surface area (TPSA) is 381 Å². The van der Waals surface area contributed by atoms with Crippen LogP contribution in [0.5, 0.6) is 0 Å². The first-order chi connectivity index (χ1) is 46.5. The van der Waals surface area contributed by atoms with Gasteiger partial charge < -0.3 is 69.3 Å². The number of aromatic nitrogens is 3. The molecule has 8 amide bonds. The van der Waals surface area contributed by atoms with Crippen molar-refractivity contribution in [2.24, 2.45) is 17.8 Å². The Labute approximate surface area is 564 Å². The van der Waals surface area contributed by atoms with E-state index < -0.39 is 35.5 Å². The van der Waals surface area contributed by atoms with Gasteiger partial charge in [-0.2, -0.15) is 0 Å². The van der Waals surface area contributed by atoms with Gasteiger partial charge in [0.2, 0.25) is 17.7 Å². The summed E-state index contributed by atoms with van der Waals surface area (Å²) in [6.07, 6.45) is 16.1. The molecule has 12 rings (SSSR count). The van der Waals surface area contributed by atoms with Crippen LogP contribution in [0.3, 0.4) is 0 Å². The lowest BCUT2D eigenvalue weighted by molar-refractivity contribution is -0.147. The maximum atomic E-state index is 13.2. The van der Waals surface area contributed by atoms with E-state index >= 15 is 0 Å². The molecule has 6 aliphatic rings. The quantitative estimate of drug-likeness (QED) is 0.0601. The van der Waals surface area contributed by atoms with E-state index in [0.29, 0.717) is 117 Å². The Bertz CT molecular complexity index is 3800. The van der Waals surface area contributed by atoms with Gasteiger partial charge in [0.25, 0.3) is 0 Å². The fourth-order valence-electron chi connectivity index (χ4n) is 13.0. The van der Waals surface area contributed by atoms with Gasteiger partial charge in [-0.15, -0.1) is 0 Å². The molecule has 97 heavy (non-hydrogen) atoms. The third-order valence-corrected chi connectivity index (χ3v) is 18.6. The number of carbonyl (C=O) groups is 9. The minimum absolute atomic E-state index is 0.0219. The number of nitrogen functional groups attached to an aromatic ring is 3. The van der Waals surface area contributed by atoms with Crippen LogP contribution in [0.25, 0.3) is 0 Å². The minimum Gasteiger partial charge on any atom is -0.474 e. The van der Waals surface area contributed by atoms with Gasteiger partial charge in [0, 0.05) is 55.5 Å². The lowest BCUT2D eigenvalue weighted by Crippen LogP contribution is -2.46. The monoisotopic (exact) mass is 1320 g/mol. The van der Waals surface area contributed by atoms with Gasteiger partial charge >= 0.3 is 35.5 Å². The Hall–Kier alpha value is -10.3. The first-order valence-electron chi connectivity index (χ1n) is 33.5. The van der Waals surface area contributed by atoms with Crippen molar-refractivity contribution in [1.29, 1.82) is 0 Å². The second-order valence-electron chi connectivity index (χ2n) is 25.9. The summed E-state index contributed by atoms with van der Waals surface area (Å²) in [7, 11) is 0. The molecule has 0 saturated carbocycles. The molecule has 0 aliphatic carbocycles. The normalized spacial score (nSPS) is 20.0. The number of rotatable bonds is 9. The number of nitrogens with zero attached hydrogens (tertiary/aromatic N) is 5. The van der Waals surface area contributed by atoms with Crippen molar-refractivity contribution in [1.82, 2.24) is 30.1 Å². The second-order valence-corrected chi connectivity index (χ2v) is 25.9. The number of benzene rings is 3. The highest BCUT2D eigenvalue weighted by Gasteiger charge is 2.37. The number of anilines is 9. The van der Waals surface area contributed by atoms with E-state index in [9.17, 15) is 43.2 Å². The van der Waals surface area contributed by atoms with Gasteiger partial charge in [-0.25, -0.2) is 19.7 Å². The van der Waals surface area contributed by atoms with Crippen LogP contribution in [0.1, 0.15) is 168 Å². The highest BCUT2D eigenvalue weighted by molar-refractivity contribution is 6.40. The lowest BCUT2D eigenvalue weighted by atomic mass is 9.88. The molecule has 6 atom stereocenters. The summed E-state index contributed by atoms with van der Waals surface area (Å²) in [6, 6.07) is 23.5. The van der Waals surface area contributed by atoms with E-state index in [1.807, 2.05) is 45.0 Å². The summed E-state index contributed by atoms with van der Waals surface area (Å²) >= 11 is 0. The van der Waals surface area contributed by atoms with Crippen LogP contribution in [0.4, 0.5) is 51.6 Å². The number of carboxylic acid groups (broad SMARTS) is 1. The number of piperidine rings is 3. The summed E-state index contributed by atoms with van der Waals surface area (Å²) in [5, 5.41) is 28.3. The molecule has 6 aromatic rings. The molecule has 4 unspecified atom stereocenters. The van der Waals surface area contributed by atoms with Crippen LogP contribution in [0, 0.1) is 17.8 Å². The number of likely N-dealkylation sites (tertiary alicyclic amines) is 2. The predicted molar refractivity (Wildman–Crippen MR) is 373 cm³/mol. The van der Waals surface area contributed by atoms with Crippen molar-refractivity contribution in [2.75, 3.05) is 68.7 Å². The molecule has 0 spiro atoms. The van der Waals surface area contributed by atoms with Crippen molar-refractivity contribution < 1.29 is 48.3 Å². The number of amides is 8. The van der Waals surface area contributed by atoms with Crippen molar-refractivity contribution in [3.8, 4) is 0 Å². The molecular formula is C72H89N15O10. The fourth-order valence-corrected chi connectivity index (χ4v) is 13.0. The van der Waals surface area contributed by atoms with Gasteiger partial charge in [0.05, 0.1) is 47.7 Å². The van der Waals surface area contributed by atoms with Gasteiger partial charge in [0.15, 0.2) is 0 Å². The number of aliphatic carboxylic acids is 1. The number of carbonyl (C=O) groups excluding carboxylic acids is 8. The van der Waals surface area contributed by atoms with Gasteiger partial charge in [-0.05, 0) is 188 Å². The summed E-state index contributed by atoms with van der Waals surface area (Å²) in [4.78, 5) is 123. The average molecular weight is 1320 g/mol. The number of hydrogen-bond acceptors (Lipinski definition) is 16. The predicted octanol–water partition coefficient (Wildman–Crippen LogP) is 8.98. The smallest absolute Gasteiger partial charge is 0.394 e. The second kappa shape index (κ2) is 32.4. The molecule has 6 aliphatic heterocycles. The van der Waals surface area contributed by atoms with Gasteiger partial charge in [-0.3, -0.25) is 38.4 Å². The number of pyridine rings is 3.